The molecule has 0 aliphatic heterocycles. The zero-order valence-corrected chi connectivity index (χ0v) is 10.8. The van der Waals surface area contributed by atoms with Gasteiger partial charge >= 0.3 is 0 Å². The summed E-state index contributed by atoms with van der Waals surface area (Å²) in [5.41, 5.74) is 1.33. The second-order valence-corrected chi connectivity index (χ2v) is 5.25. The molecule has 2 nitrogen and oxygen atoms in total. The summed E-state index contributed by atoms with van der Waals surface area (Å²) in [6.07, 6.45) is 0.991. The van der Waals surface area contributed by atoms with E-state index in [1.807, 2.05) is 14.1 Å². The Kier molecular flexibility index (Phi) is 2.58. The number of carbonyl (C=O) groups is 1. The third-order valence-electron chi connectivity index (χ3n) is 3.77. The van der Waals surface area contributed by atoms with Crippen molar-refractivity contribution in [2.24, 2.45) is 5.92 Å². The van der Waals surface area contributed by atoms with Crippen LogP contribution in [0, 0.1) is 5.92 Å². The summed E-state index contributed by atoms with van der Waals surface area (Å²) >= 11 is 0. The van der Waals surface area contributed by atoms with Gasteiger partial charge in [0.25, 0.3) is 0 Å². The lowest BCUT2D eigenvalue weighted by atomic mass is 10.00. The maximum absolute atomic E-state index is 12.0. The Morgan fingerprint density at radius 1 is 1.11 bits per heavy atom. The number of hydrogen-bond acceptors (Lipinski definition) is 1. The topological polar surface area (TPSA) is 20.3 Å². The number of fused-ring (bicyclic) bond motifs is 1. The Morgan fingerprint density at radius 3 is 2.61 bits per heavy atom. The van der Waals surface area contributed by atoms with Crippen LogP contribution in [0.1, 0.15) is 17.9 Å². The molecule has 1 saturated carbocycles. The van der Waals surface area contributed by atoms with Gasteiger partial charge in [0.2, 0.25) is 5.91 Å². The predicted molar refractivity (Wildman–Crippen MR) is 73.5 cm³/mol. The van der Waals surface area contributed by atoms with Crippen molar-refractivity contribution in [2.75, 3.05) is 14.1 Å². The van der Waals surface area contributed by atoms with E-state index in [-0.39, 0.29) is 11.8 Å². The fourth-order valence-electron chi connectivity index (χ4n) is 2.72. The smallest absolute Gasteiger partial charge is 0.225 e. The summed E-state index contributed by atoms with van der Waals surface area (Å²) in [5.74, 6) is 0.852. The van der Waals surface area contributed by atoms with Crippen LogP contribution < -0.4 is 0 Å². The summed E-state index contributed by atoms with van der Waals surface area (Å²) in [6.45, 7) is 0. The summed E-state index contributed by atoms with van der Waals surface area (Å²) in [7, 11) is 3.67. The Labute approximate surface area is 107 Å². The van der Waals surface area contributed by atoms with Crippen LogP contribution in [0.3, 0.4) is 0 Å². The van der Waals surface area contributed by atoms with Gasteiger partial charge in [0, 0.05) is 20.0 Å². The van der Waals surface area contributed by atoms with Crippen LogP contribution in [0.15, 0.2) is 42.5 Å². The molecule has 1 amide bonds. The number of hydrogen-bond donors (Lipinski definition) is 0. The molecule has 0 bridgehead atoms. The van der Waals surface area contributed by atoms with Crippen molar-refractivity contribution < 1.29 is 4.79 Å². The van der Waals surface area contributed by atoms with Crippen LogP contribution in [-0.4, -0.2) is 24.9 Å². The molecule has 0 heterocycles. The number of amides is 1. The Hall–Kier alpha value is -1.83. The zero-order chi connectivity index (χ0) is 12.7. The first-order valence-electron chi connectivity index (χ1n) is 6.37. The summed E-state index contributed by atoms with van der Waals surface area (Å²) in [5, 5.41) is 2.55. The quantitative estimate of drug-likeness (QED) is 0.788. The van der Waals surface area contributed by atoms with E-state index in [0.717, 1.165) is 6.42 Å². The normalized spacial score (nSPS) is 21.9. The number of nitrogens with zero attached hydrogens (tertiary/aromatic N) is 1. The minimum Gasteiger partial charge on any atom is -0.349 e. The van der Waals surface area contributed by atoms with Gasteiger partial charge in [-0.2, -0.15) is 0 Å². The van der Waals surface area contributed by atoms with E-state index in [2.05, 4.69) is 42.5 Å². The van der Waals surface area contributed by atoms with Crippen molar-refractivity contribution in [3.8, 4) is 0 Å². The molecule has 0 saturated heterocycles. The van der Waals surface area contributed by atoms with Crippen molar-refractivity contribution in [3.05, 3.63) is 48.0 Å². The molecule has 2 unspecified atom stereocenters. The maximum Gasteiger partial charge on any atom is 0.225 e. The fourth-order valence-corrected chi connectivity index (χ4v) is 2.72. The lowest BCUT2D eigenvalue weighted by Crippen LogP contribution is -2.23. The molecule has 18 heavy (non-hydrogen) atoms. The minimum absolute atomic E-state index is 0.186. The lowest BCUT2D eigenvalue weighted by molar-refractivity contribution is -0.130. The minimum atomic E-state index is 0.186. The summed E-state index contributed by atoms with van der Waals surface area (Å²) < 4.78 is 0. The van der Waals surface area contributed by atoms with Gasteiger partial charge in [-0.05, 0) is 28.7 Å². The van der Waals surface area contributed by atoms with Crippen LogP contribution in [0.25, 0.3) is 10.8 Å². The van der Waals surface area contributed by atoms with Gasteiger partial charge in [-0.3, -0.25) is 4.79 Å². The molecule has 92 valence electrons. The van der Waals surface area contributed by atoms with E-state index in [0.29, 0.717) is 5.92 Å². The molecule has 1 aliphatic rings. The summed E-state index contributed by atoms with van der Waals surface area (Å²) in [6, 6.07) is 14.8. The van der Waals surface area contributed by atoms with Crippen LogP contribution in [0.4, 0.5) is 0 Å². The van der Waals surface area contributed by atoms with E-state index in [1.54, 1.807) is 4.90 Å². The van der Waals surface area contributed by atoms with E-state index >= 15 is 0 Å². The van der Waals surface area contributed by atoms with Crippen LogP contribution in [-0.2, 0) is 4.79 Å². The molecule has 3 rings (SSSR count). The average molecular weight is 239 g/mol. The Bertz CT molecular complexity index is 598. The van der Waals surface area contributed by atoms with Gasteiger partial charge in [-0.15, -0.1) is 0 Å². The number of carbonyl (C=O) groups excluding carboxylic acids is 1. The lowest BCUT2D eigenvalue weighted by Gasteiger charge is -2.10. The molecule has 0 N–H and O–H groups in total. The van der Waals surface area contributed by atoms with Crippen molar-refractivity contribution in [3.63, 3.8) is 0 Å². The van der Waals surface area contributed by atoms with Crippen molar-refractivity contribution >= 4 is 16.7 Å². The van der Waals surface area contributed by atoms with Crippen LogP contribution >= 0.6 is 0 Å². The molecule has 0 spiro atoms. The first kappa shape index (κ1) is 11.3. The van der Waals surface area contributed by atoms with Crippen LogP contribution in [0.2, 0.25) is 0 Å². The molecular formula is C16H17NO. The largest absolute Gasteiger partial charge is 0.349 e. The third kappa shape index (κ3) is 1.78. The first-order chi connectivity index (χ1) is 8.68. The monoisotopic (exact) mass is 239 g/mol. The van der Waals surface area contributed by atoms with E-state index in [9.17, 15) is 4.79 Å². The fraction of sp³-hybridized carbons (Fsp3) is 0.312. The molecule has 2 aromatic rings. The molecule has 2 atom stereocenters. The average Bonchev–Trinajstić information content (AvgIpc) is 3.17. The van der Waals surface area contributed by atoms with Gasteiger partial charge in [-0.25, -0.2) is 0 Å². The van der Waals surface area contributed by atoms with Gasteiger partial charge in [-0.1, -0.05) is 42.5 Å². The van der Waals surface area contributed by atoms with E-state index in [4.69, 9.17) is 0 Å². The summed E-state index contributed by atoms with van der Waals surface area (Å²) in [4.78, 5) is 13.7. The third-order valence-corrected chi connectivity index (χ3v) is 3.77. The first-order valence-corrected chi connectivity index (χ1v) is 6.37. The van der Waals surface area contributed by atoms with Crippen molar-refractivity contribution in [1.82, 2.24) is 4.90 Å². The molecule has 1 aliphatic carbocycles. The molecule has 0 aromatic heterocycles. The Morgan fingerprint density at radius 2 is 1.83 bits per heavy atom. The second-order valence-electron chi connectivity index (χ2n) is 5.25. The van der Waals surface area contributed by atoms with Crippen molar-refractivity contribution in [2.45, 2.75) is 12.3 Å². The number of benzene rings is 2. The molecule has 2 heteroatoms. The highest BCUT2D eigenvalue weighted by Gasteiger charge is 2.45. The Balaban J connectivity index is 1.96. The highest BCUT2D eigenvalue weighted by molar-refractivity contribution is 5.89. The SMILES string of the molecule is CN(C)C(=O)C1CC1c1cccc2ccccc12. The van der Waals surface area contributed by atoms with Crippen molar-refractivity contribution in [1.29, 1.82) is 0 Å². The highest BCUT2D eigenvalue weighted by atomic mass is 16.2. The van der Waals surface area contributed by atoms with Gasteiger partial charge in [0.1, 0.15) is 0 Å². The van der Waals surface area contributed by atoms with Gasteiger partial charge in [0.05, 0.1) is 0 Å². The van der Waals surface area contributed by atoms with Gasteiger partial charge < -0.3 is 4.90 Å². The van der Waals surface area contributed by atoms with Crippen LogP contribution in [0.5, 0.6) is 0 Å². The molecule has 1 fully saturated rings. The predicted octanol–water partition coefficient (Wildman–Crippen LogP) is 3.03. The standard InChI is InChI=1S/C16H17NO/c1-17(2)16(18)15-10-14(15)13-9-5-7-11-6-3-4-8-12(11)13/h3-9,14-15H,10H2,1-2H3. The maximum atomic E-state index is 12.0. The van der Waals surface area contributed by atoms with Gasteiger partial charge in [0.15, 0.2) is 0 Å². The zero-order valence-electron chi connectivity index (χ0n) is 10.8. The highest BCUT2D eigenvalue weighted by Crippen LogP contribution is 2.50. The molecule has 0 radical (unpaired) electrons. The van der Waals surface area contributed by atoms with E-state index < -0.39 is 0 Å². The van der Waals surface area contributed by atoms with E-state index in [1.165, 1.54) is 16.3 Å². The number of rotatable bonds is 2. The molecular weight excluding hydrogens is 222 g/mol. The molecule has 2 aromatic carbocycles. The second kappa shape index (κ2) is 4.13.